The van der Waals surface area contributed by atoms with Gasteiger partial charge in [-0.15, -0.1) is 12.4 Å². The van der Waals surface area contributed by atoms with E-state index in [9.17, 15) is 9.59 Å². The van der Waals surface area contributed by atoms with Crippen molar-refractivity contribution in [2.75, 3.05) is 6.54 Å². The fourth-order valence-corrected chi connectivity index (χ4v) is 0.285. The highest BCUT2D eigenvalue weighted by Crippen LogP contribution is 1.96. The molecule has 6 nitrogen and oxygen atoms in total. The van der Waals surface area contributed by atoms with Crippen molar-refractivity contribution in [2.24, 2.45) is 17.4 Å². The molecule has 14 heavy (non-hydrogen) atoms. The molecular formula is C7H17ClN2O4. The highest BCUT2D eigenvalue weighted by molar-refractivity contribution is 5.85. The molecule has 0 aromatic heterocycles. The molecule has 0 aliphatic heterocycles. The monoisotopic (exact) mass is 228 g/mol. The number of halogens is 1. The van der Waals surface area contributed by atoms with Crippen molar-refractivity contribution < 1.29 is 19.8 Å². The summed E-state index contributed by atoms with van der Waals surface area (Å²) in [5, 5.41) is 15.8. The minimum atomic E-state index is -0.968. The number of aliphatic carboxylic acids is 2. The van der Waals surface area contributed by atoms with E-state index in [1.165, 1.54) is 0 Å². The van der Waals surface area contributed by atoms with Crippen molar-refractivity contribution in [3.63, 3.8) is 0 Å². The van der Waals surface area contributed by atoms with Gasteiger partial charge in [-0.25, -0.2) is 0 Å². The molecule has 1 atom stereocenters. The van der Waals surface area contributed by atoms with Crippen molar-refractivity contribution >= 4 is 24.3 Å². The highest BCUT2D eigenvalue weighted by atomic mass is 35.5. The molecule has 0 heterocycles. The average Bonchev–Trinajstić information content (AvgIpc) is 2.03. The van der Waals surface area contributed by atoms with Crippen LogP contribution in [0.3, 0.4) is 0 Å². The van der Waals surface area contributed by atoms with Gasteiger partial charge in [0.15, 0.2) is 0 Å². The smallest absolute Gasteiger partial charge is 0.320 e. The van der Waals surface area contributed by atoms with Crippen LogP contribution in [0, 0.1) is 5.92 Å². The number of hydrogen-bond donors (Lipinski definition) is 4. The number of rotatable bonds is 3. The molecule has 0 spiro atoms. The van der Waals surface area contributed by atoms with Gasteiger partial charge in [0.25, 0.3) is 0 Å². The topological polar surface area (TPSA) is 127 Å². The fraction of sp³-hybridized carbons (Fsp3) is 0.714. The molecule has 0 aliphatic rings. The molecule has 7 heteroatoms. The first-order chi connectivity index (χ1) is 5.82. The molecule has 0 aliphatic carbocycles. The fourth-order valence-electron chi connectivity index (χ4n) is 0.285. The lowest BCUT2D eigenvalue weighted by Crippen LogP contribution is -2.34. The zero-order valence-corrected chi connectivity index (χ0v) is 8.95. The zero-order chi connectivity index (χ0) is 11.0. The molecular weight excluding hydrogens is 212 g/mol. The van der Waals surface area contributed by atoms with Gasteiger partial charge < -0.3 is 21.7 Å². The van der Waals surface area contributed by atoms with Gasteiger partial charge in [-0.2, -0.15) is 0 Å². The Morgan fingerprint density at radius 2 is 1.57 bits per heavy atom. The molecule has 0 aromatic carbocycles. The van der Waals surface area contributed by atoms with Crippen LogP contribution in [0.2, 0.25) is 0 Å². The molecule has 86 valence electrons. The van der Waals surface area contributed by atoms with Crippen molar-refractivity contribution in [3.8, 4) is 0 Å². The number of hydrogen-bond acceptors (Lipinski definition) is 4. The van der Waals surface area contributed by atoms with E-state index in [4.69, 9.17) is 15.9 Å². The predicted octanol–water partition coefficient (Wildman–Crippen LogP) is -0.494. The van der Waals surface area contributed by atoms with Crippen LogP contribution in [0.25, 0.3) is 0 Å². The summed E-state index contributed by atoms with van der Waals surface area (Å²) in [6.07, 6.45) is 0. The lowest BCUT2D eigenvalue weighted by Gasteiger charge is -2.07. The molecule has 0 bridgehead atoms. The molecule has 6 N–H and O–H groups in total. The second kappa shape index (κ2) is 10.2. The van der Waals surface area contributed by atoms with E-state index in [0.717, 1.165) is 0 Å². The van der Waals surface area contributed by atoms with E-state index in [1.54, 1.807) is 13.8 Å². The average molecular weight is 229 g/mol. The third-order valence-corrected chi connectivity index (χ3v) is 1.18. The second-order valence-corrected chi connectivity index (χ2v) is 2.71. The van der Waals surface area contributed by atoms with E-state index in [2.05, 4.69) is 5.73 Å². The van der Waals surface area contributed by atoms with E-state index in [1.807, 2.05) is 0 Å². The Bertz CT molecular complexity index is 175. The predicted molar refractivity (Wildman–Crippen MR) is 54.4 cm³/mol. The summed E-state index contributed by atoms with van der Waals surface area (Å²) in [6.45, 7) is 3.28. The summed E-state index contributed by atoms with van der Waals surface area (Å²) in [7, 11) is 0. The summed E-state index contributed by atoms with van der Waals surface area (Å²) in [5.74, 6) is -1.88. The molecule has 0 fully saturated rings. The lowest BCUT2D eigenvalue weighted by molar-refractivity contribution is -0.139. The number of nitrogens with two attached hydrogens (primary N) is 2. The molecule has 0 amide bonds. The first-order valence-electron chi connectivity index (χ1n) is 3.73. The van der Waals surface area contributed by atoms with Crippen LogP contribution in [0.5, 0.6) is 0 Å². The quantitative estimate of drug-likeness (QED) is 0.516. The summed E-state index contributed by atoms with van der Waals surface area (Å²) in [5.41, 5.74) is 9.73. The van der Waals surface area contributed by atoms with Crippen LogP contribution in [0.1, 0.15) is 13.8 Å². The Kier molecular flexibility index (Phi) is 13.8. The molecule has 0 unspecified atom stereocenters. The summed E-state index contributed by atoms with van der Waals surface area (Å²) in [4.78, 5) is 19.3. The first kappa shape index (κ1) is 18.8. The molecule has 0 radical (unpaired) electrons. The van der Waals surface area contributed by atoms with Gasteiger partial charge in [-0.05, 0) is 5.92 Å². The summed E-state index contributed by atoms with van der Waals surface area (Å²) in [6, 6.07) is -0.713. The van der Waals surface area contributed by atoms with Gasteiger partial charge in [0.05, 0.1) is 6.54 Å². The van der Waals surface area contributed by atoms with Crippen LogP contribution >= 0.6 is 12.4 Å². The van der Waals surface area contributed by atoms with E-state index in [-0.39, 0.29) is 24.9 Å². The first-order valence-corrected chi connectivity index (χ1v) is 3.73. The van der Waals surface area contributed by atoms with Crippen molar-refractivity contribution in [1.82, 2.24) is 0 Å². The Hall–Kier alpha value is -0.850. The maximum atomic E-state index is 10.0. The van der Waals surface area contributed by atoms with Crippen LogP contribution in [0.4, 0.5) is 0 Å². The largest absolute Gasteiger partial charge is 0.480 e. The van der Waals surface area contributed by atoms with E-state index < -0.39 is 18.0 Å². The van der Waals surface area contributed by atoms with Gasteiger partial charge in [0, 0.05) is 0 Å². The molecule has 0 saturated heterocycles. The summed E-state index contributed by atoms with van der Waals surface area (Å²) >= 11 is 0. The SMILES string of the molecule is CC(C)[C@H](N)C(=O)O.Cl.NCC(=O)O. The van der Waals surface area contributed by atoms with Crippen LogP contribution in [-0.2, 0) is 9.59 Å². The zero-order valence-electron chi connectivity index (χ0n) is 8.14. The van der Waals surface area contributed by atoms with Crippen LogP contribution in [0.15, 0.2) is 0 Å². The van der Waals surface area contributed by atoms with Crippen LogP contribution < -0.4 is 11.5 Å². The standard InChI is InChI=1S/C5H11NO2.C2H5NO2.ClH/c1-3(2)4(6)5(7)8;3-1-2(4)5;/h3-4H,6H2,1-2H3,(H,7,8);1,3H2,(H,4,5);1H/t4-;;/m0../s1. The van der Waals surface area contributed by atoms with Crippen molar-refractivity contribution in [3.05, 3.63) is 0 Å². The van der Waals surface area contributed by atoms with E-state index in [0.29, 0.717) is 0 Å². The maximum absolute atomic E-state index is 10.0. The van der Waals surface area contributed by atoms with Crippen LogP contribution in [-0.4, -0.2) is 34.7 Å². The Morgan fingerprint density at radius 1 is 1.29 bits per heavy atom. The Labute approximate surface area is 88.7 Å². The minimum Gasteiger partial charge on any atom is -0.480 e. The number of carboxylic acid groups (broad SMARTS) is 2. The normalized spacial score (nSPS) is 10.6. The number of carboxylic acids is 2. The van der Waals surface area contributed by atoms with Gasteiger partial charge >= 0.3 is 11.9 Å². The number of carbonyl (C=O) groups is 2. The van der Waals surface area contributed by atoms with E-state index >= 15 is 0 Å². The van der Waals surface area contributed by atoms with Crippen molar-refractivity contribution in [2.45, 2.75) is 19.9 Å². The maximum Gasteiger partial charge on any atom is 0.320 e. The molecule has 0 rings (SSSR count). The lowest BCUT2D eigenvalue weighted by atomic mass is 10.1. The van der Waals surface area contributed by atoms with Gasteiger partial charge in [0.1, 0.15) is 6.04 Å². The van der Waals surface area contributed by atoms with Gasteiger partial charge in [0.2, 0.25) is 0 Å². The Morgan fingerprint density at radius 3 is 1.57 bits per heavy atom. The minimum absolute atomic E-state index is 0. The van der Waals surface area contributed by atoms with Gasteiger partial charge in [-0.1, -0.05) is 13.8 Å². The summed E-state index contributed by atoms with van der Waals surface area (Å²) < 4.78 is 0. The van der Waals surface area contributed by atoms with Gasteiger partial charge in [-0.3, -0.25) is 9.59 Å². The third-order valence-electron chi connectivity index (χ3n) is 1.18. The second-order valence-electron chi connectivity index (χ2n) is 2.71. The highest BCUT2D eigenvalue weighted by Gasteiger charge is 2.14. The molecule has 0 aromatic rings. The third kappa shape index (κ3) is 13.7. The van der Waals surface area contributed by atoms with Crippen molar-refractivity contribution in [1.29, 1.82) is 0 Å². The molecule has 0 saturated carbocycles. The Balaban J connectivity index is -0.000000177.